The van der Waals surface area contributed by atoms with E-state index in [1.54, 1.807) is 19.5 Å². The van der Waals surface area contributed by atoms with Gasteiger partial charge in [-0.15, -0.1) is 0 Å². The predicted octanol–water partition coefficient (Wildman–Crippen LogP) is 9.04. The van der Waals surface area contributed by atoms with Crippen molar-refractivity contribution in [3.05, 3.63) is 105 Å². The summed E-state index contributed by atoms with van der Waals surface area (Å²) < 4.78 is 17.2. The van der Waals surface area contributed by atoms with Gasteiger partial charge in [0.15, 0.2) is 0 Å². The quantitative estimate of drug-likeness (QED) is 0.189. The van der Waals surface area contributed by atoms with E-state index in [9.17, 15) is 0 Å². The molecule has 6 rings (SSSR count). The fourth-order valence-corrected chi connectivity index (χ4v) is 5.84. The topological polar surface area (TPSA) is 57.4 Å². The summed E-state index contributed by atoms with van der Waals surface area (Å²) in [6.45, 7) is 4.23. The maximum Gasteiger partial charge on any atom is 0.147 e. The maximum atomic E-state index is 6.76. The van der Waals surface area contributed by atoms with Gasteiger partial charge in [-0.3, -0.25) is 4.98 Å². The van der Waals surface area contributed by atoms with Crippen LogP contribution in [0.3, 0.4) is 0 Å². The lowest BCUT2D eigenvalue weighted by molar-refractivity contribution is 0.300. The molecular weight excluding hydrogens is 543 g/mol. The summed E-state index contributed by atoms with van der Waals surface area (Å²) in [5.41, 5.74) is 5.43. The first-order chi connectivity index (χ1) is 18.4. The van der Waals surface area contributed by atoms with Gasteiger partial charge in [0.2, 0.25) is 0 Å². The summed E-state index contributed by atoms with van der Waals surface area (Å²) in [5.74, 6) is 3.29. The van der Waals surface area contributed by atoms with Gasteiger partial charge in [0.25, 0.3) is 0 Å². The normalized spacial score (nSPS) is 18.3. The van der Waals surface area contributed by atoms with Crippen LogP contribution in [-0.2, 0) is 11.3 Å². The minimum Gasteiger partial charge on any atom is -0.497 e. The van der Waals surface area contributed by atoms with Crippen LogP contribution in [0.5, 0.6) is 5.75 Å². The molecule has 0 aliphatic heterocycles. The average molecular weight is 568 g/mol. The van der Waals surface area contributed by atoms with Crippen molar-refractivity contribution in [3.63, 3.8) is 0 Å². The Morgan fingerprint density at radius 1 is 1.03 bits per heavy atom. The number of benzene rings is 2. The number of halogens is 3. The van der Waals surface area contributed by atoms with Gasteiger partial charge in [-0.25, -0.2) is 0 Å². The van der Waals surface area contributed by atoms with Crippen molar-refractivity contribution in [2.24, 2.45) is 0 Å². The molecule has 0 spiro atoms. The first-order valence-corrected chi connectivity index (χ1v) is 13.6. The number of ether oxygens (including phenoxy) is 2. The lowest BCUT2D eigenvalue weighted by Crippen LogP contribution is -2.00. The molecule has 2 aliphatic rings. The van der Waals surface area contributed by atoms with Crippen LogP contribution in [0.25, 0.3) is 17.0 Å². The Morgan fingerprint density at radius 3 is 2.53 bits per heavy atom. The summed E-state index contributed by atoms with van der Waals surface area (Å²) in [4.78, 5) is 4.05. The number of methoxy groups -OCH3 is 1. The van der Waals surface area contributed by atoms with Crippen molar-refractivity contribution in [3.8, 4) is 17.0 Å². The van der Waals surface area contributed by atoms with Crippen LogP contribution >= 0.6 is 34.8 Å². The van der Waals surface area contributed by atoms with Gasteiger partial charge in [-0.2, -0.15) is 0 Å². The Kier molecular flexibility index (Phi) is 6.85. The number of hydrogen-bond donors (Lipinski definition) is 0. The highest BCUT2D eigenvalue weighted by Crippen LogP contribution is 2.56. The van der Waals surface area contributed by atoms with E-state index in [2.05, 4.69) is 34.9 Å². The van der Waals surface area contributed by atoms with Crippen LogP contribution < -0.4 is 4.74 Å². The van der Waals surface area contributed by atoms with Crippen LogP contribution in [0, 0.1) is 0 Å². The van der Waals surface area contributed by atoms with Crippen LogP contribution in [-0.4, -0.2) is 17.3 Å². The van der Waals surface area contributed by atoms with E-state index in [1.165, 1.54) is 5.56 Å². The second-order valence-corrected chi connectivity index (χ2v) is 11.0. The lowest BCUT2D eigenvalue weighted by Gasteiger charge is -2.11. The SMILES string of the molecule is C=C(OC)c1cccc(C2CC2c2ccc(OCc3c(-c4c(Cl)cncc4Cl)noc3C3CC3)cc2Cl)c1. The van der Waals surface area contributed by atoms with Crippen molar-refractivity contribution in [2.75, 3.05) is 7.11 Å². The first kappa shape index (κ1) is 25.3. The number of nitrogens with zero attached hydrogens (tertiary/aromatic N) is 2. The van der Waals surface area contributed by atoms with Gasteiger partial charge < -0.3 is 14.0 Å². The molecule has 38 heavy (non-hydrogen) atoms. The van der Waals surface area contributed by atoms with Crippen molar-refractivity contribution >= 4 is 40.6 Å². The van der Waals surface area contributed by atoms with E-state index in [0.717, 1.165) is 41.7 Å². The minimum atomic E-state index is 0.261. The fraction of sp³-hybridized carbons (Fsp3) is 0.267. The number of pyridine rings is 1. The molecule has 2 unspecified atom stereocenters. The summed E-state index contributed by atoms with van der Waals surface area (Å²) in [6, 6.07) is 14.3. The largest absolute Gasteiger partial charge is 0.497 e. The van der Waals surface area contributed by atoms with Gasteiger partial charge in [-0.1, -0.05) is 70.8 Å². The Morgan fingerprint density at radius 2 is 1.82 bits per heavy atom. The molecule has 4 aromatic rings. The molecule has 2 atom stereocenters. The van der Waals surface area contributed by atoms with Crippen molar-refractivity contribution in [2.45, 2.75) is 43.6 Å². The molecule has 2 saturated carbocycles. The van der Waals surface area contributed by atoms with E-state index in [1.807, 2.05) is 24.3 Å². The summed E-state index contributed by atoms with van der Waals surface area (Å²) in [5, 5.41) is 5.84. The molecule has 0 N–H and O–H groups in total. The zero-order chi connectivity index (χ0) is 26.4. The second-order valence-electron chi connectivity index (χ2n) is 9.80. The molecular formula is C30H25Cl3N2O3. The Labute approximate surface area is 236 Å². The fourth-order valence-electron chi connectivity index (χ4n) is 4.98. The van der Waals surface area contributed by atoms with Crippen LogP contribution in [0.1, 0.15) is 65.0 Å². The maximum absolute atomic E-state index is 6.76. The van der Waals surface area contributed by atoms with E-state index in [4.69, 9.17) is 48.8 Å². The molecule has 0 amide bonds. The Hall–Kier alpha value is -2.99. The van der Waals surface area contributed by atoms with E-state index < -0.39 is 0 Å². The Bertz CT molecular complexity index is 1510. The average Bonchev–Trinajstić information content (AvgIpc) is 3.85. The number of aromatic nitrogens is 2. The van der Waals surface area contributed by atoms with Gasteiger partial charge in [-0.05, 0) is 60.4 Å². The molecule has 194 valence electrons. The molecule has 2 aromatic carbocycles. The highest BCUT2D eigenvalue weighted by atomic mass is 35.5. The number of hydrogen-bond acceptors (Lipinski definition) is 5. The first-order valence-electron chi connectivity index (χ1n) is 12.5. The molecule has 2 aromatic heterocycles. The summed E-state index contributed by atoms with van der Waals surface area (Å²) in [7, 11) is 1.64. The summed E-state index contributed by atoms with van der Waals surface area (Å²) in [6.07, 6.45) is 6.26. The number of rotatable bonds is 9. The third-order valence-corrected chi connectivity index (χ3v) is 8.19. The molecule has 2 fully saturated rings. The standard InChI is InChI=1S/C30H25Cl3N2O3/c1-16(36-2)18-4-3-5-19(10-18)22-12-23(22)21-9-8-20(11-25(21)31)37-15-24-29(35-38-30(24)17-6-7-17)28-26(32)13-34-14-27(28)33/h3-5,8-11,13-14,17,22-23H,1,6-7,12,15H2,2H3. The smallest absolute Gasteiger partial charge is 0.147 e. The van der Waals surface area contributed by atoms with Crippen molar-refractivity contribution in [1.29, 1.82) is 0 Å². The zero-order valence-corrected chi connectivity index (χ0v) is 23.0. The highest BCUT2D eigenvalue weighted by Gasteiger charge is 2.41. The molecule has 5 nitrogen and oxygen atoms in total. The molecule has 8 heteroatoms. The third kappa shape index (κ3) is 4.91. The van der Waals surface area contributed by atoms with Crippen LogP contribution in [0.4, 0.5) is 0 Å². The van der Waals surface area contributed by atoms with E-state index in [0.29, 0.717) is 55.6 Å². The van der Waals surface area contributed by atoms with E-state index in [-0.39, 0.29) is 6.61 Å². The van der Waals surface area contributed by atoms with Gasteiger partial charge in [0.1, 0.15) is 29.6 Å². The minimum absolute atomic E-state index is 0.261. The molecule has 0 radical (unpaired) electrons. The predicted molar refractivity (Wildman–Crippen MR) is 150 cm³/mol. The van der Waals surface area contributed by atoms with E-state index >= 15 is 0 Å². The molecule has 2 aliphatic carbocycles. The van der Waals surface area contributed by atoms with Crippen molar-refractivity contribution < 1.29 is 14.0 Å². The van der Waals surface area contributed by atoms with Gasteiger partial charge >= 0.3 is 0 Å². The Balaban J connectivity index is 1.20. The van der Waals surface area contributed by atoms with Gasteiger partial charge in [0.05, 0.1) is 22.7 Å². The third-order valence-electron chi connectivity index (χ3n) is 7.29. The molecule has 2 heterocycles. The zero-order valence-electron chi connectivity index (χ0n) is 20.7. The monoisotopic (exact) mass is 566 g/mol. The van der Waals surface area contributed by atoms with Crippen LogP contribution in [0.15, 0.2) is 66.0 Å². The molecule has 0 saturated heterocycles. The van der Waals surface area contributed by atoms with Crippen molar-refractivity contribution in [1.82, 2.24) is 10.1 Å². The summed E-state index contributed by atoms with van der Waals surface area (Å²) >= 11 is 19.6. The van der Waals surface area contributed by atoms with Gasteiger partial charge in [0, 0.05) is 34.5 Å². The lowest BCUT2D eigenvalue weighted by atomic mass is 10.0. The highest BCUT2D eigenvalue weighted by molar-refractivity contribution is 6.38. The second kappa shape index (κ2) is 10.3. The molecule has 0 bridgehead atoms. The van der Waals surface area contributed by atoms with Crippen LogP contribution in [0.2, 0.25) is 15.1 Å².